The lowest BCUT2D eigenvalue weighted by Crippen LogP contribution is -2.64. The van der Waals surface area contributed by atoms with E-state index in [-0.39, 0.29) is 60.9 Å². The van der Waals surface area contributed by atoms with E-state index in [4.69, 9.17) is 10.5 Å². The number of thioether (sulfide) groups is 1. The molecule has 10 amide bonds. The molecule has 0 saturated carbocycles. The van der Waals surface area contributed by atoms with Crippen LogP contribution in [0.2, 0.25) is 0 Å². The van der Waals surface area contributed by atoms with Gasteiger partial charge in [0.25, 0.3) is 0 Å². The Bertz CT molecular complexity index is 2780. The first-order chi connectivity index (χ1) is 44.5. The molecule has 96 heavy (non-hydrogen) atoms. The molecular weight excluding hydrogens is 1250 g/mol. The number of esters is 1. The van der Waals surface area contributed by atoms with Crippen molar-refractivity contribution in [1.29, 1.82) is 0 Å². The lowest BCUT2D eigenvalue weighted by Gasteiger charge is -2.42. The van der Waals surface area contributed by atoms with Gasteiger partial charge in [-0.25, -0.2) is 0 Å². The minimum atomic E-state index is -1.61. The number of benzene rings is 1. The number of nitrogens with one attached hydrogen (secondary N) is 3. The van der Waals surface area contributed by atoms with Crippen LogP contribution < -0.4 is 21.7 Å². The van der Waals surface area contributed by atoms with Gasteiger partial charge < -0.3 is 60.7 Å². The van der Waals surface area contributed by atoms with Crippen LogP contribution in [0.15, 0.2) is 42.5 Å². The summed E-state index contributed by atoms with van der Waals surface area (Å²) in [5.74, 6) is -8.63. The fraction of sp³-hybridized carbons (Fsp3) is 0.718. The molecule has 544 valence electrons. The summed E-state index contributed by atoms with van der Waals surface area (Å²) < 4.78 is 5.94. The van der Waals surface area contributed by atoms with Crippen LogP contribution >= 0.6 is 11.8 Å². The van der Waals surface area contributed by atoms with E-state index >= 15 is 14.4 Å². The molecule has 0 aliphatic heterocycles. The van der Waals surface area contributed by atoms with E-state index in [2.05, 4.69) is 16.0 Å². The van der Waals surface area contributed by atoms with E-state index < -0.39 is 156 Å². The van der Waals surface area contributed by atoms with E-state index in [1.165, 1.54) is 87.7 Å². The molecule has 0 aromatic heterocycles. The van der Waals surface area contributed by atoms with Crippen molar-refractivity contribution in [3.63, 3.8) is 0 Å². The molecule has 0 aliphatic rings. The lowest BCUT2D eigenvalue weighted by molar-refractivity contribution is -0.164. The number of ether oxygens (including phenoxy) is 1. The Kier molecular flexibility index (Phi) is 37.6. The normalized spacial score (nSPS) is 15.5. The van der Waals surface area contributed by atoms with Gasteiger partial charge in [0, 0.05) is 62.0 Å². The number of nitrogens with two attached hydrogens (primary N) is 1. The third-order valence-electron chi connectivity index (χ3n) is 17.2. The van der Waals surface area contributed by atoms with E-state index in [1.807, 2.05) is 91.8 Å². The van der Waals surface area contributed by atoms with Gasteiger partial charge in [-0.05, 0) is 106 Å². The molecule has 1 aromatic rings. The predicted molar refractivity (Wildman–Crippen MR) is 377 cm³/mol. The topological polar surface area (TPSA) is 299 Å². The molecule has 0 spiro atoms. The highest BCUT2D eigenvalue weighted by Crippen LogP contribution is 2.27. The Morgan fingerprint density at radius 2 is 0.969 bits per heavy atom. The van der Waals surface area contributed by atoms with E-state index in [9.17, 15) is 43.2 Å². The second-order valence-corrected chi connectivity index (χ2v) is 29.3. The third-order valence-corrected chi connectivity index (χ3v) is 18.3. The SMILES string of the molecule is C/C=C/C[C@@H](C)[C@@H](OC(C)=O)[C@@H](C(=O)N[C@@H](CC)C(=O)N(C)CC(=O)N(C)[C@@H](CC(C)C)C(=O)N[C@H](C(=O)N(C)[C@@H](CC(C)C)C(=O)N[C@@H](C)C(=O)SCc1ccccc1)C(C)C)N(C)C(=O)[C@H](C(C)C)N(C)C(=O)[C@H](CC(C)C)N(C)C(=O)[C@H](CC(C)C)N(C)C(=O)[C@@H](C)N. The number of allylic oxidation sites excluding steroid dienone is 2. The highest BCUT2D eigenvalue weighted by Gasteiger charge is 2.47. The molecule has 12 atom stereocenters. The molecule has 5 N–H and O–H groups in total. The van der Waals surface area contributed by atoms with E-state index in [1.54, 1.807) is 61.5 Å². The van der Waals surface area contributed by atoms with E-state index in [0.717, 1.165) is 27.1 Å². The summed E-state index contributed by atoms with van der Waals surface area (Å²) in [6.07, 6.45) is 3.42. The van der Waals surface area contributed by atoms with Crippen LogP contribution in [0, 0.1) is 41.4 Å². The highest BCUT2D eigenvalue weighted by molar-refractivity contribution is 8.13. The van der Waals surface area contributed by atoms with Crippen LogP contribution in [0.25, 0.3) is 0 Å². The molecule has 25 heteroatoms. The van der Waals surface area contributed by atoms with Gasteiger partial charge in [0.2, 0.25) is 64.2 Å². The quantitative estimate of drug-likeness (QED) is 0.0426. The number of nitrogens with zero attached hydrogens (tertiary/aromatic N) is 7. The number of amides is 10. The van der Waals surface area contributed by atoms with Gasteiger partial charge in [-0.3, -0.25) is 57.5 Å². The van der Waals surface area contributed by atoms with Crippen molar-refractivity contribution in [2.24, 2.45) is 47.2 Å². The van der Waals surface area contributed by atoms with Gasteiger partial charge in [-0.1, -0.05) is 151 Å². The number of rotatable bonds is 39. The molecular formula is C71H121N11O13S. The fourth-order valence-electron chi connectivity index (χ4n) is 11.5. The maximum absolute atomic E-state index is 15.4. The third kappa shape index (κ3) is 26.5. The summed E-state index contributed by atoms with van der Waals surface area (Å²) >= 11 is 1.08. The zero-order chi connectivity index (χ0) is 74.1. The summed E-state index contributed by atoms with van der Waals surface area (Å²) in [6, 6.07) is -1.88. The first-order valence-corrected chi connectivity index (χ1v) is 35.0. The van der Waals surface area contributed by atoms with Gasteiger partial charge in [0.1, 0.15) is 54.4 Å². The van der Waals surface area contributed by atoms with Crippen molar-refractivity contribution in [2.45, 2.75) is 235 Å². The first kappa shape index (κ1) is 87.1. The minimum absolute atomic E-state index is 0.0135. The molecule has 0 heterocycles. The Morgan fingerprint density at radius 3 is 1.42 bits per heavy atom. The van der Waals surface area contributed by atoms with E-state index in [0.29, 0.717) is 12.2 Å². The maximum Gasteiger partial charge on any atom is 0.303 e. The average Bonchev–Trinajstić information content (AvgIpc) is 0.812. The summed E-state index contributed by atoms with van der Waals surface area (Å²) in [5.41, 5.74) is 6.93. The largest absolute Gasteiger partial charge is 0.459 e. The van der Waals surface area contributed by atoms with Gasteiger partial charge in [-0.2, -0.15) is 0 Å². The minimum Gasteiger partial charge on any atom is -0.459 e. The van der Waals surface area contributed by atoms with Crippen molar-refractivity contribution < 1.29 is 62.3 Å². The maximum atomic E-state index is 15.4. The zero-order valence-corrected chi connectivity index (χ0v) is 63.3. The van der Waals surface area contributed by atoms with Crippen molar-refractivity contribution in [3.8, 4) is 0 Å². The summed E-state index contributed by atoms with van der Waals surface area (Å²) in [6.45, 7) is 31.0. The van der Waals surface area contributed by atoms with Gasteiger partial charge >= 0.3 is 5.97 Å². The lowest BCUT2D eigenvalue weighted by atomic mass is 9.91. The number of hydrogen-bond acceptors (Lipinski definition) is 15. The van der Waals surface area contributed by atoms with Gasteiger partial charge in [0.05, 0.1) is 18.6 Å². The fourth-order valence-corrected chi connectivity index (χ4v) is 12.3. The molecule has 0 saturated heterocycles. The monoisotopic (exact) mass is 1370 g/mol. The average molecular weight is 1370 g/mol. The van der Waals surface area contributed by atoms with Crippen LogP contribution in [-0.4, -0.2) is 227 Å². The van der Waals surface area contributed by atoms with Crippen LogP contribution in [0.3, 0.4) is 0 Å². The van der Waals surface area contributed by atoms with Gasteiger partial charge in [-0.15, -0.1) is 0 Å². The molecule has 1 aromatic carbocycles. The first-order valence-electron chi connectivity index (χ1n) is 34.0. The van der Waals surface area contributed by atoms with Crippen molar-refractivity contribution in [3.05, 3.63) is 48.0 Å². The summed E-state index contributed by atoms with van der Waals surface area (Å²) in [7, 11) is 10.1. The number of hydrogen-bond donors (Lipinski definition) is 4. The molecule has 24 nitrogen and oxygen atoms in total. The molecule has 1 rings (SSSR count). The molecule has 0 radical (unpaired) electrons. The van der Waals surface area contributed by atoms with Crippen molar-refractivity contribution >= 4 is 81.9 Å². The Hall–Kier alpha value is -6.89. The summed E-state index contributed by atoms with van der Waals surface area (Å²) in [5, 5.41) is 8.23. The molecule has 0 bridgehead atoms. The van der Waals surface area contributed by atoms with Crippen molar-refractivity contribution in [1.82, 2.24) is 50.2 Å². The van der Waals surface area contributed by atoms with Crippen LogP contribution in [0.5, 0.6) is 0 Å². The van der Waals surface area contributed by atoms with Crippen molar-refractivity contribution in [2.75, 3.05) is 55.9 Å². The Balaban J connectivity index is 3.74. The predicted octanol–water partition coefficient (Wildman–Crippen LogP) is 6.13. The number of likely N-dealkylation sites (N-methyl/N-ethyl adjacent to an activating group) is 7. The molecule has 0 unspecified atom stereocenters. The Labute approximate surface area is 578 Å². The van der Waals surface area contributed by atoms with Gasteiger partial charge in [0.15, 0.2) is 0 Å². The molecule has 0 fully saturated rings. The highest BCUT2D eigenvalue weighted by atomic mass is 32.2. The second-order valence-electron chi connectivity index (χ2n) is 28.3. The molecule has 0 aliphatic carbocycles. The zero-order valence-electron chi connectivity index (χ0n) is 62.5. The van der Waals surface area contributed by atoms with Crippen LogP contribution in [0.4, 0.5) is 0 Å². The second kappa shape index (κ2) is 41.4. The smallest absolute Gasteiger partial charge is 0.303 e. The Morgan fingerprint density at radius 1 is 0.521 bits per heavy atom. The van der Waals surface area contributed by atoms with Crippen LogP contribution in [-0.2, 0) is 68.0 Å². The van der Waals surface area contributed by atoms with Crippen LogP contribution in [0.1, 0.15) is 169 Å². The standard InChI is InChI=1S/C71H121N11O13S/c1-26-28-32-47(15)61(95-50(18)83)60(82(25)70(93)59(46(13)14)81(24)68(91)56(38-44(9)10)80(23)67(90)55(37-43(7)8)79(22)65(88)48(16)72)64(87)74-52(27-2)66(89)76(19)39-57(84)77(20)53(35-41(3)4)63(86)75-58(45(11)12)69(92)78(21)54(36-42(5)6)62(85)73-49(17)71(94)96-40-51-33-30-29-31-34-51/h26,28-31,33-34,41-49,52-56,58-61H,27,32,35-40,72H2,1-25H3,(H,73,85)(H,74,87)(H,75,86)/b28-26+/t47-,48-,49+,52+,53+,54+,55+,56+,58+,59+,60+,61-/m1/s1. The summed E-state index contributed by atoms with van der Waals surface area (Å²) in [4.78, 5) is 180. The number of carbonyl (C=O) groups is 12. The number of carbonyl (C=O) groups excluding carboxylic acids is 12.